The third-order valence-corrected chi connectivity index (χ3v) is 2.92. The summed E-state index contributed by atoms with van der Waals surface area (Å²) in [5, 5.41) is 0. The molecule has 0 aromatic heterocycles. The molecule has 0 atom stereocenters. The smallest absolute Gasteiger partial charge is 0.247 e. The minimum absolute atomic E-state index is 0.0160. The van der Waals surface area contributed by atoms with E-state index in [0.717, 1.165) is 12.1 Å². The lowest BCUT2D eigenvalue weighted by Gasteiger charge is -2.09. The number of aliphatic imine (C=N–C) groups is 1. The molecule has 0 radical (unpaired) electrons. The molecular weight excluding hydrogens is 279 g/mol. The Morgan fingerprint density at radius 3 is 2.29 bits per heavy atom. The number of amidine groups is 1. The molecule has 0 amide bonds. The molecule has 0 aliphatic rings. The maximum Gasteiger partial charge on any atom is 0.247 e. The minimum atomic E-state index is -1.61. The van der Waals surface area contributed by atoms with Crippen molar-refractivity contribution in [3.05, 3.63) is 11.8 Å². The summed E-state index contributed by atoms with van der Waals surface area (Å²) < 4.78 is -1.61. The van der Waals surface area contributed by atoms with Crippen molar-refractivity contribution in [2.75, 3.05) is 0 Å². The van der Waals surface area contributed by atoms with Crippen LogP contribution in [0, 0.1) is 0 Å². The predicted molar refractivity (Wildman–Crippen MR) is 79.0 cm³/mol. The van der Waals surface area contributed by atoms with E-state index < -0.39 is 3.79 Å². The highest BCUT2D eigenvalue weighted by Gasteiger charge is 2.25. The summed E-state index contributed by atoms with van der Waals surface area (Å²) in [5.74, 6) is 0.0160. The zero-order valence-electron chi connectivity index (χ0n) is 10.5. The quantitative estimate of drug-likeness (QED) is 0.306. The summed E-state index contributed by atoms with van der Waals surface area (Å²) in [4.78, 5) is 4.04. The van der Waals surface area contributed by atoms with E-state index in [2.05, 4.69) is 11.9 Å². The minimum Gasteiger partial charge on any atom is -0.384 e. The van der Waals surface area contributed by atoms with Crippen LogP contribution in [-0.4, -0.2) is 9.63 Å². The first-order valence-electron chi connectivity index (χ1n) is 5.96. The van der Waals surface area contributed by atoms with Crippen LogP contribution in [0.3, 0.4) is 0 Å². The van der Waals surface area contributed by atoms with Crippen molar-refractivity contribution in [2.45, 2.75) is 56.2 Å². The van der Waals surface area contributed by atoms with E-state index in [9.17, 15) is 0 Å². The molecule has 0 saturated carbocycles. The van der Waals surface area contributed by atoms with Crippen LogP contribution in [0.5, 0.6) is 0 Å². The van der Waals surface area contributed by atoms with Gasteiger partial charge in [0.2, 0.25) is 3.79 Å². The normalized spacial score (nSPS) is 14.2. The van der Waals surface area contributed by atoms with Gasteiger partial charge in [0.15, 0.2) is 5.84 Å². The Morgan fingerprint density at radius 2 is 1.76 bits per heavy atom. The van der Waals surface area contributed by atoms with Crippen molar-refractivity contribution in [3.8, 4) is 0 Å². The zero-order valence-corrected chi connectivity index (χ0v) is 12.7. The summed E-state index contributed by atoms with van der Waals surface area (Å²) in [6, 6.07) is 0. The van der Waals surface area contributed by atoms with E-state index >= 15 is 0 Å². The number of nitrogens with two attached hydrogens (primary N) is 1. The molecule has 0 fully saturated rings. The number of alkyl halides is 3. The number of nitrogens with zero attached hydrogens (tertiary/aromatic N) is 1. The van der Waals surface area contributed by atoms with Crippen LogP contribution in [0.1, 0.15) is 52.4 Å². The number of hydrogen-bond acceptors (Lipinski definition) is 1. The molecule has 2 N–H and O–H groups in total. The van der Waals surface area contributed by atoms with Crippen molar-refractivity contribution in [1.82, 2.24) is 0 Å². The fourth-order valence-corrected chi connectivity index (χ4v) is 1.48. The lowest BCUT2D eigenvalue weighted by Crippen LogP contribution is -2.28. The van der Waals surface area contributed by atoms with Gasteiger partial charge in [-0.1, -0.05) is 73.5 Å². The highest BCUT2D eigenvalue weighted by Crippen LogP contribution is 2.26. The third-order valence-electron chi connectivity index (χ3n) is 2.33. The fraction of sp³-hybridized carbons (Fsp3) is 0.750. The summed E-state index contributed by atoms with van der Waals surface area (Å²) in [6.07, 6.45) is 9.30. The standard InChI is InChI=1S/C12H21Cl3N2/c1-3-4-5-6-7-8-9-10(2)17-11(16)12(13,14)15/h9H,3-8H2,1-2H3,(H2,16,17)/b10-9+. The Balaban J connectivity index is 3.94. The molecule has 0 saturated heterocycles. The second-order valence-corrected chi connectivity index (χ2v) is 6.32. The number of unbranched alkanes of at least 4 members (excludes halogenated alkanes) is 5. The largest absolute Gasteiger partial charge is 0.384 e. The number of hydrogen-bond donors (Lipinski definition) is 1. The Hall–Kier alpha value is 0.0800. The summed E-state index contributed by atoms with van der Waals surface area (Å²) in [6.45, 7) is 4.06. The predicted octanol–water partition coefficient (Wildman–Crippen LogP) is 4.98. The molecule has 0 aliphatic heterocycles. The van der Waals surface area contributed by atoms with Gasteiger partial charge in [-0.2, -0.15) is 0 Å². The van der Waals surface area contributed by atoms with Crippen LogP contribution in [-0.2, 0) is 0 Å². The zero-order chi connectivity index (χ0) is 13.3. The molecule has 0 aliphatic carbocycles. The average molecular weight is 300 g/mol. The summed E-state index contributed by atoms with van der Waals surface area (Å²) in [7, 11) is 0. The molecule has 0 aromatic rings. The van der Waals surface area contributed by atoms with Crippen LogP contribution in [0.15, 0.2) is 16.8 Å². The number of allylic oxidation sites excluding steroid dienone is 2. The number of rotatable bonds is 7. The van der Waals surface area contributed by atoms with Gasteiger partial charge in [0, 0.05) is 5.70 Å². The summed E-state index contributed by atoms with van der Waals surface area (Å²) in [5.41, 5.74) is 6.33. The van der Waals surface area contributed by atoms with Gasteiger partial charge in [0.25, 0.3) is 0 Å². The van der Waals surface area contributed by atoms with Crippen LogP contribution in [0.2, 0.25) is 0 Å². The van der Waals surface area contributed by atoms with Gasteiger partial charge < -0.3 is 5.73 Å². The summed E-state index contributed by atoms with van der Waals surface area (Å²) >= 11 is 16.8. The molecule has 0 bridgehead atoms. The topological polar surface area (TPSA) is 38.4 Å². The van der Waals surface area contributed by atoms with Crippen molar-refractivity contribution >= 4 is 40.6 Å². The lowest BCUT2D eigenvalue weighted by molar-refractivity contribution is 0.636. The molecular formula is C12H21Cl3N2. The first-order valence-corrected chi connectivity index (χ1v) is 7.09. The highest BCUT2D eigenvalue weighted by molar-refractivity contribution is 6.76. The lowest BCUT2D eigenvalue weighted by atomic mass is 10.1. The first kappa shape index (κ1) is 17.1. The van der Waals surface area contributed by atoms with Crippen molar-refractivity contribution in [1.29, 1.82) is 0 Å². The second kappa shape index (κ2) is 9.07. The fourth-order valence-electron chi connectivity index (χ4n) is 1.36. The Morgan fingerprint density at radius 1 is 1.18 bits per heavy atom. The molecule has 0 rings (SSSR count). The van der Waals surface area contributed by atoms with E-state index in [-0.39, 0.29) is 5.84 Å². The highest BCUT2D eigenvalue weighted by atomic mass is 35.6. The second-order valence-electron chi connectivity index (χ2n) is 4.04. The van der Waals surface area contributed by atoms with E-state index in [1.54, 1.807) is 0 Å². The SMILES string of the molecule is CCCCCCC/C=C(\C)N=C(N)C(Cl)(Cl)Cl. The molecule has 2 nitrogen and oxygen atoms in total. The average Bonchev–Trinajstić information content (AvgIpc) is 2.21. The van der Waals surface area contributed by atoms with Crippen LogP contribution >= 0.6 is 34.8 Å². The van der Waals surface area contributed by atoms with Gasteiger partial charge in [-0.25, -0.2) is 4.99 Å². The van der Waals surface area contributed by atoms with Crippen molar-refractivity contribution in [2.24, 2.45) is 10.7 Å². The van der Waals surface area contributed by atoms with Gasteiger partial charge in [-0.05, 0) is 19.8 Å². The molecule has 5 heteroatoms. The van der Waals surface area contributed by atoms with E-state index in [1.807, 2.05) is 13.0 Å². The van der Waals surface area contributed by atoms with Gasteiger partial charge in [-0.15, -0.1) is 0 Å². The van der Waals surface area contributed by atoms with Crippen molar-refractivity contribution < 1.29 is 0 Å². The Kier molecular flexibility index (Phi) is 9.11. The molecule has 100 valence electrons. The Labute approximate surface area is 119 Å². The van der Waals surface area contributed by atoms with Crippen molar-refractivity contribution in [3.63, 3.8) is 0 Å². The maximum atomic E-state index is 5.59. The molecule has 0 spiro atoms. The van der Waals surface area contributed by atoms with Gasteiger partial charge >= 0.3 is 0 Å². The van der Waals surface area contributed by atoms with Crippen LogP contribution in [0.25, 0.3) is 0 Å². The first-order chi connectivity index (χ1) is 7.88. The number of halogens is 3. The van der Waals surface area contributed by atoms with Crippen LogP contribution < -0.4 is 5.73 Å². The molecule has 0 heterocycles. The Bertz CT molecular complexity index is 267. The van der Waals surface area contributed by atoms with E-state index in [4.69, 9.17) is 40.5 Å². The third kappa shape index (κ3) is 9.75. The van der Waals surface area contributed by atoms with E-state index in [0.29, 0.717) is 0 Å². The monoisotopic (exact) mass is 298 g/mol. The molecule has 0 unspecified atom stereocenters. The maximum absolute atomic E-state index is 5.59. The van der Waals surface area contributed by atoms with Gasteiger partial charge in [0.05, 0.1) is 0 Å². The molecule has 0 aromatic carbocycles. The molecule has 17 heavy (non-hydrogen) atoms. The van der Waals surface area contributed by atoms with Crippen LogP contribution in [0.4, 0.5) is 0 Å². The van der Waals surface area contributed by atoms with E-state index in [1.165, 1.54) is 32.1 Å². The van der Waals surface area contributed by atoms with Gasteiger partial charge in [-0.3, -0.25) is 0 Å². The van der Waals surface area contributed by atoms with Gasteiger partial charge in [0.1, 0.15) is 0 Å².